The molecule has 0 aliphatic carbocycles. The van der Waals surface area contributed by atoms with Gasteiger partial charge in [0.25, 0.3) is 0 Å². The summed E-state index contributed by atoms with van der Waals surface area (Å²) in [5, 5.41) is 15.2. The maximum absolute atomic E-state index is 8.71. The van der Waals surface area contributed by atoms with E-state index in [0.717, 1.165) is 25.1 Å². The van der Waals surface area contributed by atoms with Gasteiger partial charge in [-0.25, -0.2) is 0 Å². The highest BCUT2D eigenvalue weighted by molar-refractivity contribution is 7.98. The van der Waals surface area contributed by atoms with Crippen LogP contribution in [-0.4, -0.2) is 23.8 Å². The third-order valence-electron chi connectivity index (χ3n) is 3.18. The summed E-state index contributed by atoms with van der Waals surface area (Å²) in [6, 6.07) is 8.35. The topological polar surface area (TPSA) is 70.6 Å². The molecule has 0 aliphatic heterocycles. The first-order valence-electron chi connectivity index (χ1n) is 6.35. The van der Waals surface area contributed by atoms with Crippen LogP contribution in [0.3, 0.4) is 0 Å². The number of oxime groups is 1. The normalized spacial score (nSPS) is 12.5. The fourth-order valence-electron chi connectivity index (χ4n) is 1.76. The van der Waals surface area contributed by atoms with Crippen molar-refractivity contribution in [3.05, 3.63) is 24.3 Å². The Kier molecular flexibility index (Phi) is 6.02. The van der Waals surface area contributed by atoms with E-state index in [9.17, 15) is 0 Å². The number of hydrogen-bond acceptors (Lipinski definition) is 4. The van der Waals surface area contributed by atoms with E-state index in [1.807, 2.05) is 13.8 Å². The average molecular weight is 281 g/mol. The number of anilines is 1. The van der Waals surface area contributed by atoms with Crippen molar-refractivity contribution in [2.45, 2.75) is 31.6 Å². The predicted octanol–water partition coefficient (Wildman–Crippen LogP) is 3.37. The molecule has 0 aliphatic rings. The van der Waals surface area contributed by atoms with Crippen LogP contribution in [0, 0.1) is 5.41 Å². The highest BCUT2D eigenvalue weighted by Crippen LogP contribution is 2.23. The first kappa shape index (κ1) is 15.7. The number of hydrogen-bond donors (Lipinski definition) is 3. The molecule has 0 aromatic heterocycles. The maximum Gasteiger partial charge on any atom is 0.144 e. The molecule has 4 nitrogen and oxygen atoms in total. The van der Waals surface area contributed by atoms with Crippen LogP contribution in [0.15, 0.2) is 34.3 Å². The fraction of sp³-hybridized carbons (Fsp3) is 0.500. The molecule has 0 fully saturated rings. The Balaban J connectivity index is 2.38. The summed E-state index contributed by atoms with van der Waals surface area (Å²) in [6.45, 7) is 4.84. The Hall–Kier alpha value is -1.36. The second-order valence-corrected chi connectivity index (χ2v) is 6.01. The minimum Gasteiger partial charge on any atom is -0.409 e. The van der Waals surface area contributed by atoms with Gasteiger partial charge in [-0.05, 0) is 37.3 Å². The van der Waals surface area contributed by atoms with E-state index in [4.69, 9.17) is 10.9 Å². The van der Waals surface area contributed by atoms with E-state index >= 15 is 0 Å². The van der Waals surface area contributed by atoms with Gasteiger partial charge in [0, 0.05) is 22.5 Å². The summed E-state index contributed by atoms with van der Waals surface area (Å²) < 4.78 is 0. The summed E-state index contributed by atoms with van der Waals surface area (Å²) in [5.41, 5.74) is 6.53. The lowest BCUT2D eigenvalue weighted by Crippen LogP contribution is -2.32. The zero-order valence-electron chi connectivity index (χ0n) is 11.8. The molecule has 0 heterocycles. The molecular weight excluding hydrogens is 258 g/mol. The standard InChI is InChI=1S/C14H23N3OS/c1-14(2,13(15)17-18)8-5-9-16-11-6-4-7-12(10-11)19-3/h4,6-7,10,16,18H,5,8-9H2,1-3H3,(H2,15,17). The average Bonchev–Trinajstić information content (AvgIpc) is 2.43. The van der Waals surface area contributed by atoms with Crippen LogP contribution in [0.4, 0.5) is 5.69 Å². The van der Waals surface area contributed by atoms with Gasteiger partial charge in [-0.1, -0.05) is 25.1 Å². The van der Waals surface area contributed by atoms with Gasteiger partial charge in [0.1, 0.15) is 5.84 Å². The molecule has 1 aromatic rings. The van der Waals surface area contributed by atoms with Crippen LogP contribution >= 0.6 is 11.8 Å². The van der Waals surface area contributed by atoms with Crippen molar-refractivity contribution in [3.8, 4) is 0 Å². The SMILES string of the molecule is CSc1cccc(NCCCC(C)(C)C(N)=NO)c1. The fourth-order valence-corrected chi connectivity index (χ4v) is 2.22. The molecule has 0 saturated carbocycles. The zero-order valence-corrected chi connectivity index (χ0v) is 12.6. The maximum atomic E-state index is 8.71. The van der Waals surface area contributed by atoms with E-state index in [2.05, 4.69) is 41.0 Å². The molecule has 0 spiro atoms. The van der Waals surface area contributed by atoms with Crippen molar-refractivity contribution >= 4 is 23.3 Å². The lowest BCUT2D eigenvalue weighted by molar-refractivity contribution is 0.305. The molecular formula is C14H23N3OS. The summed E-state index contributed by atoms with van der Waals surface area (Å²) in [7, 11) is 0. The largest absolute Gasteiger partial charge is 0.409 e. The van der Waals surface area contributed by atoms with Crippen molar-refractivity contribution < 1.29 is 5.21 Å². The Labute approximate surface area is 119 Å². The number of nitrogens with one attached hydrogen (secondary N) is 1. The highest BCUT2D eigenvalue weighted by Gasteiger charge is 2.22. The van der Waals surface area contributed by atoms with Crippen molar-refractivity contribution in [1.29, 1.82) is 0 Å². The van der Waals surface area contributed by atoms with Gasteiger partial charge >= 0.3 is 0 Å². The lowest BCUT2D eigenvalue weighted by atomic mass is 9.86. The van der Waals surface area contributed by atoms with Crippen molar-refractivity contribution in [1.82, 2.24) is 0 Å². The van der Waals surface area contributed by atoms with Gasteiger partial charge in [-0.3, -0.25) is 0 Å². The molecule has 19 heavy (non-hydrogen) atoms. The predicted molar refractivity (Wildman–Crippen MR) is 83.1 cm³/mol. The third kappa shape index (κ3) is 5.03. The molecule has 0 amide bonds. The van der Waals surface area contributed by atoms with Gasteiger partial charge < -0.3 is 16.3 Å². The Morgan fingerprint density at radius 1 is 1.47 bits per heavy atom. The third-order valence-corrected chi connectivity index (χ3v) is 3.90. The van der Waals surface area contributed by atoms with Crippen LogP contribution in [0.1, 0.15) is 26.7 Å². The van der Waals surface area contributed by atoms with E-state index in [-0.39, 0.29) is 11.3 Å². The number of rotatable bonds is 7. The summed E-state index contributed by atoms with van der Waals surface area (Å²) in [4.78, 5) is 1.25. The molecule has 5 heteroatoms. The van der Waals surface area contributed by atoms with Crippen LogP contribution in [0.25, 0.3) is 0 Å². The van der Waals surface area contributed by atoms with E-state index < -0.39 is 0 Å². The number of amidine groups is 1. The van der Waals surface area contributed by atoms with Crippen LogP contribution in [-0.2, 0) is 0 Å². The zero-order chi connectivity index (χ0) is 14.3. The van der Waals surface area contributed by atoms with Crippen LogP contribution in [0.5, 0.6) is 0 Å². The quantitative estimate of drug-likeness (QED) is 0.179. The van der Waals surface area contributed by atoms with Crippen LogP contribution < -0.4 is 11.1 Å². The van der Waals surface area contributed by atoms with E-state index in [1.54, 1.807) is 11.8 Å². The smallest absolute Gasteiger partial charge is 0.144 e. The molecule has 0 atom stereocenters. The van der Waals surface area contributed by atoms with Crippen molar-refractivity contribution in [3.63, 3.8) is 0 Å². The molecule has 4 N–H and O–H groups in total. The molecule has 0 unspecified atom stereocenters. The van der Waals surface area contributed by atoms with Gasteiger partial charge in [0.15, 0.2) is 0 Å². The van der Waals surface area contributed by atoms with Gasteiger partial charge in [-0.2, -0.15) is 0 Å². The Bertz CT molecular complexity index is 432. The van der Waals surface area contributed by atoms with Crippen LogP contribution in [0.2, 0.25) is 0 Å². The Morgan fingerprint density at radius 2 is 2.21 bits per heavy atom. The summed E-state index contributed by atoms with van der Waals surface area (Å²) >= 11 is 1.73. The Morgan fingerprint density at radius 3 is 2.84 bits per heavy atom. The monoisotopic (exact) mass is 281 g/mol. The number of nitrogens with two attached hydrogens (primary N) is 1. The van der Waals surface area contributed by atoms with E-state index in [1.165, 1.54) is 4.90 Å². The number of benzene rings is 1. The second kappa shape index (κ2) is 7.28. The molecule has 0 bridgehead atoms. The highest BCUT2D eigenvalue weighted by atomic mass is 32.2. The molecule has 0 saturated heterocycles. The van der Waals surface area contributed by atoms with E-state index in [0.29, 0.717) is 0 Å². The first-order chi connectivity index (χ1) is 8.99. The molecule has 1 rings (SSSR count). The van der Waals surface area contributed by atoms with Crippen molar-refractivity contribution in [2.24, 2.45) is 16.3 Å². The second-order valence-electron chi connectivity index (χ2n) is 5.13. The van der Waals surface area contributed by atoms with Gasteiger partial charge in [0.2, 0.25) is 0 Å². The molecule has 1 aromatic carbocycles. The molecule has 106 valence electrons. The van der Waals surface area contributed by atoms with Gasteiger partial charge in [-0.15, -0.1) is 11.8 Å². The molecule has 0 radical (unpaired) electrons. The lowest BCUT2D eigenvalue weighted by Gasteiger charge is -2.22. The summed E-state index contributed by atoms with van der Waals surface area (Å²) in [6.07, 6.45) is 3.91. The minimum atomic E-state index is -0.266. The number of thioether (sulfide) groups is 1. The van der Waals surface area contributed by atoms with Gasteiger partial charge in [0.05, 0.1) is 0 Å². The summed E-state index contributed by atoms with van der Waals surface area (Å²) in [5.74, 6) is 0.289. The minimum absolute atomic E-state index is 0.266. The number of nitrogens with zero attached hydrogens (tertiary/aromatic N) is 1. The first-order valence-corrected chi connectivity index (χ1v) is 7.58. The van der Waals surface area contributed by atoms with Crippen molar-refractivity contribution in [2.75, 3.05) is 18.1 Å².